The summed E-state index contributed by atoms with van der Waals surface area (Å²) in [6, 6.07) is 0. The van der Waals surface area contributed by atoms with Crippen LogP contribution in [0.2, 0.25) is 0 Å². The standard InChI is InChI=1S/C6H12N4/c1-10-2-5-6(9-4-10)8-3-7-5/h2,6-9H,3-4H2,1H3. The molecule has 10 heavy (non-hydrogen) atoms. The summed E-state index contributed by atoms with van der Waals surface area (Å²) in [7, 11) is 2.05. The summed E-state index contributed by atoms with van der Waals surface area (Å²) in [5.41, 5.74) is 1.24. The van der Waals surface area contributed by atoms with E-state index in [-0.39, 0.29) is 0 Å². The van der Waals surface area contributed by atoms with Crippen LogP contribution in [-0.2, 0) is 0 Å². The van der Waals surface area contributed by atoms with Crippen molar-refractivity contribution in [1.29, 1.82) is 0 Å². The molecule has 4 heteroatoms. The van der Waals surface area contributed by atoms with Crippen LogP contribution >= 0.6 is 0 Å². The molecule has 2 aliphatic heterocycles. The Morgan fingerprint density at radius 2 is 2.50 bits per heavy atom. The summed E-state index contributed by atoms with van der Waals surface area (Å²) in [4.78, 5) is 2.12. The topological polar surface area (TPSA) is 39.3 Å². The Morgan fingerprint density at radius 1 is 1.60 bits per heavy atom. The molecule has 0 radical (unpaired) electrons. The van der Waals surface area contributed by atoms with Gasteiger partial charge in [0.05, 0.1) is 19.0 Å². The molecular formula is C6H12N4. The van der Waals surface area contributed by atoms with E-state index in [0.717, 1.165) is 13.3 Å². The molecule has 0 saturated carbocycles. The van der Waals surface area contributed by atoms with E-state index in [2.05, 4.69) is 34.1 Å². The zero-order valence-electron chi connectivity index (χ0n) is 6.02. The van der Waals surface area contributed by atoms with Gasteiger partial charge < -0.3 is 10.2 Å². The first-order valence-corrected chi connectivity index (χ1v) is 3.49. The third-order valence-corrected chi connectivity index (χ3v) is 1.81. The fourth-order valence-electron chi connectivity index (χ4n) is 1.29. The highest BCUT2D eigenvalue weighted by atomic mass is 15.4. The Hall–Kier alpha value is -0.740. The summed E-state index contributed by atoms with van der Waals surface area (Å²) in [5.74, 6) is 0. The summed E-state index contributed by atoms with van der Waals surface area (Å²) >= 11 is 0. The Balaban J connectivity index is 2.16. The molecule has 3 N–H and O–H groups in total. The Kier molecular flexibility index (Phi) is 1.28. The quantitative estimate of drug-likeness (QED) is 0.395. The number of rotatable bonds is 0. The summed E-state index contributed by atoms with van der Waals surface area (Å²) < 4.78 is 0. The first-order chi connectivity index (χ1) is 4.86. The summed E-state index contributed by atoms with van der Waals surface area (Å²) in [5, 5.41) is 9.81. The van der Waals surface area contributed by atoms with Gasteiger partial charge in [0.1, 0.15) is 6.17 Å². The van der Waals surface area contributed by atoms with Gasteiger partial charge >= 0.3 is 0 Å². The molecule has 0 bridgehead atoms. The molecule has 0 aliphatic carbocycles. The van der Waals surface area contributed by atoms with E-state index in [4.69, 9.17) is 0 Å². The monoisotopic (exact) mass is 140 g/mol. The van der Waals surface area contributed by atoms with Crippen LogP contribution in [0.25, 0.3) is 0 Å². The molecule has 0 amide bonds. The molecular weight excluding hydrogens is 128 g/mol. The van der Waals surface area contributed by atoms with E-state index in [1.54, 1.807) is 0 Å². The van der Waals surface area contributed by atoms with Gasteiger partial charge in [0.2, 0.25) is 0 Å². The lowest BCUT2D eigenvalue weighted by Crippen LogP contribution is -2.46. The maximum atomic E-state index is 3.31. The molecule has 1 unspecified atom stereocenters. The maximum Gasteiger partial charge on any atom is 0.103 e. The van der Waals surface area contributed by atoms with Gasteiger partial charge in [-0.15, -0.1) is 0 Å². The van der Waals surface area contributed by atoms with Gasteiger partial charge in [-0.1, -0.05) is 0 Å². The van der Waals surface area contributed by atoms with Crippen molar-refractivity contribution < 1.29 is 0 Å². The minimum absolute atomic E-state index is 0.358. The summed E-state index contributed by atoms with van der Waals surface area (Å²) in [6.45, 7) is 1.79. The lowest BCUT2D eigenvalue weighted by molar-refractivity contribution is 0.342. The van der Waals surface area contributed by atoms with Gasteiger partial charge in [0.25, 0.3) is 0 Å². The van der Waals surface area contributed by atoms with Crippen molar-refractivity contribution in [2.24, 2.45) is 0 Å². The molecule has 4 nitrogen and oxygen atoms in total. The van der Waals surface area contributed by atoms with Gasteiger partial charge in [-0.3, -0.25) is 10.6 Å². The zero-order chi connectivity index (χ0) is 6.97. The minimum atomic E-state index is 0.358. The third kappa shape index (κ3) is 0.853. The normalized spacial score (nSPS) is 31.1. The highest BCUT2D eigenvalue weighted by Gasteiger charge is 2.22. The minimum Gasteiger partial charge on any atom is -0.372 e. The molecule has 56 valence electrons. The highest BCUT2D eigenvalue weighted by Crippen LogP contribution is 2.06. The second kappa shape index (κ2) is 2.14. The van der Waals surface area contributed by atoms with Gasteiger partial charge in [-0.2, -0.15) is 0 Å². The molecule has 1 saturated heterocycles. The van der Waals surface area contributed by atoms with Crippen molar-refractivity contribution in [2.45, 2.75) is 6.17 Å². The van der Waals surface area contributed by atoms with Gasteiger partial charge in [-0.25, -0.2) is 0 Å². The van der Waals surface area contributed by atoms with E-state index in [9.17, 15) is 0 Å². The van der Waals surface area contributed by atoms with E-state index >= 15 is 0 Å². The van der Waals surface area contributed by atoms with Gasteiger partial charge in [0, 0.05) is 13.2 Å². The van der Waals surface area contributed by atoms with Crippen molar-refractivity contribution in [2.75, 3.05) is 20.4 Å². The van der Waals surface area contributed by atoms with Crippen LogP contribution in [0, 0.1) is 0 Å². The first-order valence-electron chi connectivity index (χ1n) is 3.49. The molecule has 2 aliphatic rings. The maximum absolute atomic E-state index is 3.31. The smallest absolute Gasteiger partial charge is 0.103 e. The van der Waals surface area contributed by atoms with Crippen LogP contribution in [0.15, 0.2) is 11.9 Å². The number of fused-ring (bicyclic) bond motifs is 1. The SMILES string of the molecule is CN1C=C2NCNC2NC1. The van der Waals surface area contributed by atoms with Crippen LogP contribution in [-0.4, -0.2) is 31.5 Å². The summed E-state index contributed by atoms with van der Waals surface area (Å²) in [6.07, 6.45) is 2.48. The van der Waals surface area contributed by atoms with Gasteiger partial charge in [0.15, 0.2) is 0 Å². The molecule has 1 atom stereocenters. The molecule has 1 fully saturated rings. The molecule has 2 heterocycles. The lowest BCUT2D eigenvalue weighted by atomic mass is 10.3. The fourth-order valence-corrected chi connectivity index (χ4v) is 1.29. The van der Waals surface area contributed by atoms with Crippen LogP contribution in [0.4, 0.5) is 0 Å². The van der Waals surface area contributed by atoms with Crippen molar-refractivity contribution in [3.8, 4) is 0 Å². The van der Waals surface area contributed by atoms with Crippen molar-refractivity contribution in [3.63, 3.8) is 0 Å². The van der Waals surface area contributed by atoms with E-state index in [0.29, 0.717) is 6.17 Å². The predicted octanol–water partition coefficient (Wildman–Crippen LogP) is -1.20. The third-order valence-electron chi connectivity index (χ3n) is 1.81. The van der Waals surface area contributed by atoms with Crippen molar-refractivity contribution in [1.82, 2.24) is 20.9 Å². The first kappa shape index (κ1) is 6.00. The number of hydrogen-bond acceptors (Lipinski definition) is 4. The Bertz CT molecular complexity index is 165. The van der Waals surface area contributed by atoms with Crippen molar-refractivity contribution in [3.05, 3.63) is 11.9 Å². The average molecular weight is 140 g/mol. The predicted molar refractivity (Wildman–Crippen MR) is 38.8 cm³/mol. The van der Waals surface area contributed by atoms with E-state index in [1.165, 1.54) is 5.70 Å². The molecule has 0 aromatic heterocycles. The number of nitrogens with one attached hydrogen (secondary N) is 3. The molecule has 0 aromatic carbocycles. The van der Waals surface area contributed by atoms with E-state index < -0.39 is 0 Å². The lowest BCUT2D eigenvalue weighted by Gasteiger charge is -2.26. The van der Waals surface area contributed by atoms with Crippen LogP contribution in [0.3, 0.4) is 0 Å². The van der Waals surface area contributed by atoms with Crippen molar-refractivity contribution >= 4 is 0 Å². The Labute approximate surface area is 60.3 Å². The zero-order valence-corrected chi connectivity index (χ0v) is 6.02. The Morgan fingerprint density at radius 3 is 3.40 bits per heavy atom. The highest BCUT2D eigenvalue weighted by molar-refractivity contribution is 5.13. The fraction of sp³-hybridized carbons (Fsp3) is 0.667. The average Bonchev–Trinajstić information content (AvgIpc) is 2.33. The molecule has 0 spiro atoms. The molecule has 2 rings (SSSR count). The second-order valence-corrected chi connectivity index (χ2v) is 2.69. The second-order valence-electron chi connectivity index (χ2n) is 2.69. The molecule has 0 aromatic rings. The number of nitrogens with zero attached hydrogens (tertiary/aromatic N) is 1. The van der Waals surface area contributed by atoms with Crippen LogP contribution in [0.5, 0.6) is 0 Å². The van der Waals surface area contributed by atoms with Gasteiger partial charge in [-0.05, 0) is 0 Å². The van der Waals surface area contributed by atoms with Crippen LogP contribution in [0.1, 0.15) is 0 Å². The van der Waals surface area contributed by atoms with E-state index in [1.807, 2.05) is 0 Å². The number of hydrogen-bond donors (Lipinski definition) is 3. The largest absolute Gasteiger partial charge is 0.372 e. The van der Waals surface area contributed by atoms with Crippen LogP contribution < -0.4 is 16.0 Å².